The Morgan fingerprint density at radius 1 is 1.17 bits per heavy atom. The average Bonchev–Trinajstić information content (AvgIpc) is 3.26. The van der Waals surface area contributed by atoms with Gasteiger partial charge in [0.25, 0.3) is 0 Å². The lowest BCUT2D eigenvalue weighted by Crippen LogP contribution is -2.47. The van der Waals surface area contributed by atoms with Crippen LogP contribution in [0.5, 0.6) is 0 Å². The predicted molar refractivity (Wildman–Crippen MR) is 146 cm³/mol. The topological polar surface area (TPSA) is 87.9 Å². The first-order valence-electron chi connectivity index (χ1n) is 13.6. The molecule has 2 atom stereocenters. The van der Waals surface area contributed by atoms with E-state index in [2.05, 4.69) is 47.6 Å². The molecule has 0 amide bonds. The van der Waals surface area contributed by atoms with Gasteiger partial charge in [-0.05, 0) is 82.4 Å². The zero-order chi connectivity index (χ0) is 26.7. The van der Waals surface area contributed by atoms with Crippen LogP contribution in [0.3, 0.4) is 0 Å². The van der Waals surface area contributed by atoms with Crippen LogP contribution in [-0.2, 0) is 4.74 Å². The predicted octanol–water partition coefficient (Wildman–Crippen LogP) is 5.99. The first-order chi connectivity index (χ1) is 17.2. The van der Waals surface area contributed by atoms with E-state index >= 15 is 0 Å². The van der Waals surface area contributed by atoms with Crippen LogP contribution >= 0.6 is 0 Å². The highest BCUT2D eigenvalue weighted by atomic mass is 16.7. The lowest BCUT2D eigenvalue weighted by atomic mass is 9.83. The second-order valence-corrected chi connectivity index (χ2v) is 10.2. The number of hydrogen-bond donors (Lipinski definition) is 2. The minimum absolute atomic E-state index is 0.0979. The number of allylic oxidation sites excluding steroid dienone is 3. The van der Waals surface area contributed by atoms with Crippen molar-refractivity contribution in [3.63, 3.8) is 0 Å². The molecule has 7 heteroatoms. The highest BCUT2D eigenvalue weighted by Crippen LogP contribution is 2.34. The molecule has 1 aliphatic carbocycles. The van der Waals surface area contributed by atoms with E-state index in [9.17, 15) is 15.2 Å². The van der Waals surface area contributed by atoms with E-state index in [4.69, 9.17) is 4.74 Å². The molecule has 1 heterocycles. The van der Waals surface area contributed by atoms with Crippen LogP contribution in [-0.4, -0.2) is 52.0 Å². The molecule has 0 radical (unpaired) electrons. The Morgan fingerprint density at radius 3 is 2.36 bits per heavy atom. The zero-order valence-electron chi connectivity index (χ0n) is 23.1. The number of rotatable bonds is 10. The fraction of sp³-hybridized carbons (Fsp3) is 0.655. The van der Waals surface area contributed by atoms with Crippen molar-refractivity contribution in [3.8, 4) is 0 Å². The monoisotopic (exact) mass is 501 g/mol. The largest absolute Gasteiger partial charge is 0.386 e. The summed E-state index contributed by atoms with van der Waals surface area (Å²) >= 11 is 0. The van der Waals surface area contributed by atoms with E-state index in [1.807, 2.05) is 32.9 Å². The van der Waals surface area contributed by atoms with Crippen molar-refractivity contribution in [2.45, 2.75) is 110 Å². The summed E-state index contributed by atoms with van der Waals surface area (Å²) in [7, 11) is 0. The normalized spacial score (nSPS) is 25.2. The summed E-state index contributed by atoms with van der Waals surface area (Å²) in [6.07, 6.45) is 9.95. The van der Waals surface area contributed by atoms with Crippen molar-refractivity contribution in [1.82, 2.24) is 10.3 Å². The smallest absolute Gasteiger partial charge is 0.157 e. The lowest BCUT2D eigenvalue weighted by Gasteiger charge is -2.34. The lowest BCUT2D eigenvalue weighted by molar-refractivity contribution is -0.551. The van der Waals surface area contributed by atoms with E-state index in [0.29, 0.717) is 18.9 Å². The molecule has 202 valence electrons. The molecule has 2 fully saturated rings. The van der Waals surface area contributed by atoms with E-state index < -0.39 is 10.6 Å². The molecular formula is C29H47N3O4. The average molecular weight is 502 g/mol. The molecule has 2 N–H and O–H groups in total. The number of likely N-dealkylation sites (tertiary alicyclic amines) is 1. The third-order valence-electron chi connectivity index (χ3n) is 7.49. The van der Waals surface area contributed by atoms with E-state index in [1.54, 1.807) is 13.8 Å². The summed E-state index contributed by atoms with van der Waals surface area (Å²) in [4.78, 5) is 13.5. The fourth-order valence-electron chi connectivity index (χ4n) is 5.07. The van der Waals surface area contributed by atoms with Gasteiger partial charge >= 0.3 is 0 Å². The standard InChI is InChI=1S/C27H41N3O4.C2H6/c1-5-23(14-11-20(2)27(3,4)31)29-18-17-25(28-30(32)33)26(29)19-34-24-15-12-22(13-16-24)21-9-7-6-8-10-21;1-2/h6-11,14,22,24-26,28,31H,5,12-13,15-19H2,1-4H3;1-2H3/b20-11+,23-14+;. The van der Waals surface area contributed by atoms with Gasteiger partial charge in [-0.15, -0.1) is 5.43 Å². The molecule has 0 bridgehead atoms. The third-order valence-corrected chi connectivity index (χ3v) is 7.49. The Morgan fingerprint density at radius 2 is 1.81 bits per heavy atom. The zero-order valence-corrected chi connectivity index (χ0v) is 23.1. The Hall–Kier alpha value is -2.38. The van der Waals surface area contributed by atoms with Crippen LogP contribution < -0.4 is 5.43 Å². The molecule has 2 unspecified atom stereocenters. The Labute approximate surface area is 217 Å². The third kappa shape index (κ3) is 8.63. The minimum Gasteiger partial charge on any atom is -0.386 e. The summed E-state index contributed by atoms with van der Waals surface area (Å²) in [5.41, 5.74) is 5.04. The number of aliphatic hydroxyl groups is 1. The number of ether oxygens (including phenoxy) is 1. The molecule has 36 heavy (non-hydrogen) atoms. The van der Waals surface area contributed by atoms with E-state index in [0.717, 1.165) is 49.9 Å². The van der Waals surface area contributed by atoms with Crippen LogP contribution in [0.15, 0.2) is 53.8 Å². The maximum absolute atomic E-state index is 11.2. The quantitative estimate of drug-likeness (QED) is 0.233. The second-order valence-electron chi connectivity index (χ2n) is 10.2. The van der Waals surface area contributed by atoms with Gasteiger partial charge in [0.1, 0.15) is 6.04 Å². The Bertz CT molecular complexity index is 855. The van der Waals surface area contributed by atoms with Gasteiger partial charge in [-0.2, -0.15) is 0 Å². The molecule has 7 nitrogen and oxygen atoms in total. The molecule has 1 saturated carbocycles. The molecule has 3 rings (SSSR count). The highest BCUT2D eigenvalue weighted by Gasteiger charge is 2.38. The maximum Gasteiger partial charge on any atom is 0.157 e. The number of hydrazine groups is 1. The molecule has 0 spiro atoms. The van der Waals surface area contributed by atoms with Crippen molar-refractivity contribution in [3.05, 3.63) is 69.4 Å². The summed E-state index contributed by atoms with van der Waals surface area (Å²) in [5.74, 6) is 0.591. The maximum atomic E-state index is 11.2. The molecule has 1 saturated heterocycles. The van der Waals surface area contributed by atoms with Crippen LogP contribution in [0.4, 0.5) is 0 Å². The molecule has 1 aliphatic heterocycles. The minimum atomic E-state index is -0.878. The first kappa shape index (κ1) is 29.8. The molecule has 2 aliphatic rings. The molecule has 1 aromatic carbocycles. The van der Waals surface area contributed by atoms with Crippen LogP contribution in [0.25, 0.3) is 0 Å². The molecule has 1 aromatic rings. The first-order valence-corrected chi connectivity index (χ1v) is 13.6. The van der Waals surface area contributed by atoms with Crippen molar-refractivity contribution in [2.75, 3.05) is 13.2 Å². The van der Waals surface area contributed by atoms with Crippen molar-refractivity contribution in [2.24, 2.45) is 0 Å². The number of nitrogens with one attached hydrogen (secondary N) is 1. The molecule has 0 aromatic heterocycles. The summed E-state index contributed by atoms with van der Waals surface area (Å²) < 4.78 is 6.38. The van der Waals surface area contributed by atoms with Crippen molar-refractivity contribution >= 4 is 0 Å². The van der Waals surface area contributed by atoms with E-state index in [-0.39, 0.29) is 18.2 Å². The summed E-state index contributed by atoms with van der Waals surface area (Å²) in [6.45, 7) is 12.8. The van der Waals surface area contributed by atoms with Crippen LogP contribution in [0, 0.1) is 10.1 Å². The number of nitrogens with zero attached hydrogens (tertiary/aromatic N) is 2. The van der Waals surface area contributed by atoms with Gasteiger partial charge in [-0.1, -0.05) is 57.2 Å². The molecular weight excluding hydrogens is 454 g/mol. The fourth-order valence-corrected chi connectivity index (χ4v) is 5.07. The summed E-state index contributed by atoms with van der Waals surface area (Å²) in [6, 6.07) is 10.3. The van der Waals surface area contributed by atoms with E-state index in [1.165, 1.54) is 5.56 Å². The van der Waals surface area contributed by atoms with Gasteiger partial charge in [0, 0.05) is 12.2 Å². The van der Waals surface area contributed by atoms with Crippen molar-refractivity contribution in [1.29, 1.82) is 0 Å². The van der Waals surface area contributed by atoms with Gasteiger partial charge in [-0.25, -0.2) is 10.1 Å². The van der Waals surface area contributed by atoms with Gasteiger partial charge < -0.3 is 14.7 Å². The van der Waals surface area contributed by atoms with Gasteiger partial charge in [-0.3, -0.25) is 0 Å². The van der Waals surface area contributed by atoms with Crippen LogP contribution in [0.1, 0.15) is 91.5 Å². The van der Waals surface area contributed by atoms with Gasteiger partial charge in [0.05, 0.1) is 24.4 Å². The Balaban J connectivity index is 0.00000222. The van der Waals surface area contributed by atoms with Crippen molar-refractivity contribution < 1.29 is 14.9 Å². The van der Waals surface area contributed by atoms with Crippen LogP contribution in [0.2, 0.25) is 0 Å². The number of nitro groups is 1. The number of hydrogen-bond acceptors (Lipinski definition) is 5. The van der Waals surface area contributed by atoms with Gasteiger partial charge in [0.2, 0.25) is 0 Å². The van der Waals surface area contributed by atoms with Gasteiger partial charge in [0.15, 0.2) is 5.03 Å². The highest BCUT2D eigenvalue weighted by molar-refractivity contribution is 5.23. The number of benzene rings is 1. The second kappa shape index (κ2) is 14.4. The summed E-state index contributed by atoms with van der Waals surface area (Å²) in [5, 5.41) is 21.0. The SMILES string of the molecule is CC.CC/C(=C\C=C(/C)C(C)(C)O)N1CCC(N[N+](=O)[O-])C1COC1CCC(c2ccccc2)CC1. The Kier molecular flexibility index (Phi) is 11.9.